The van der Waals surface area contributed by atoms with Crippen LogP contribution in [0.3, 0.4) is 0 Å². The van der Waals surface area contributed by atoms with Crippen LogP contribution in [-0.4, -0.2) is 48.8 Å². The number of anilines is 1. The SMILES string of the molecule is COc1ccc(S(=O)(=O)N2CCCC(C(=O)Nc3ccccc3-c3nc4ccccc4[nH]3)C2)cc1. The van der Waals surface area contributed by atoms with Gasteiger partial charge in [0.05, 0.1) is 34.6 Å². The second-order valence-corrected chi connectivity index (χ2v) is 10.5. The number of carbonyl (C=O) groups is 1. The Bertz CT molecular complexity index is 1430. The van der Waals surface area contributed by atoms with Gasteiger partial charge in [0.1, 0.15) is 11.6 Å². The molecule has 5 rings (SSSR count). The molecular formula is C26H26N4O4S. The number of methoxy groups -OCH3 is 1. The lowest BCUT2D eigenvalue weighted by atomic mass is 9.98. The van der Waals surface area contributed by atoms with Gasteiger partial charge in [0, 0.05) is 18.7 Å². The average molecular weight is 491 g/mol. The molecule has 0 saturated carbocycles. The van der Waals surface area contributed by atoms with E-state index in [9.17, 15) is 13.2 Å². The summed E-state index contributed by atoms with van der Waals surface area (Å²) in [4.78, 5) is 21.4. The highest BCUT2D eigenvalue weighted by Gasteiger charge is 2.33. The first-order valence-electron chi connectivity index (χ1n) is 11.4. The summed E-state index contributed by atoms with van der Waals surface area (Å²) in [5.74, 6) is 0.584. The highest BCUT2D eigenvalue weighted by atomic mass is 32.2. The summed E-state index contributed by atoms with van der Waals surface area (Å²) in [5, 5.41) is 3.01. The Morgan fingerprint density at radius 1 is 1.06 bits per heavy atom. The fraction of sp³-hybridized carbons (Fsp3) is 0.231. The summed E-state index contributed by atoms with van der Waals surface area (Å²) in [6.45, 7) is 0.515. The minimum Gasteiger partial charge on any atom is -0.497 e. The van der Waals surface area contributed by atoms with Crippen molar-refractivity contribution < 1.29 is 17.9 Å². The lowest BCUT2D eigenvalue weighted by molar-refractivity contribution is -0.120. The number of fused-ring (bicyclic) bond motifs is 1. The van der Waals surface area contributed by atoms with Crippen molar-refractivity contribution in [3.63, 3.8) is 0 Å². The molecule has 1 unspecified atom stereocenters. The largest absolute Gasteiger partial charge is 0.497 e. The molecule has 1 aromatic heterocycles. The number of hydrogen-bond acceptors (Lipinski definition) is 5. The van der Waals surface area contributed by atoms with Crippen LogP contribution in [-0.2, 0) is 14.8 Å². The molecule has 1 atom stereocenters. The van der Waals surface area contributed by atoms with E-state index in [1.54, 1.807) is 12.1 Å². The highest BCUT2D eigenvalue weighted by molar-refractivity contribution is 7.89. The first-order valence-corrected chi connectivity index (χ1v) is 12.9. The van der Waals surface area contributed by atoms with Gasteiger partial charge >= 0.3 is 0 Å². The molecule has 1 saturated heterocycles. The number of nitrogens with one attached hydrogen (secondary N) is 2. The quantitative estimate of drug-likeness (QED) is 0.420. The number of sulfonamides is 1. The number of amides is 1. The third-order valence-electron chi connectivity index (χ3n) is 6.28. The first kappa shape index (κ1) is 23.1. The van der Waals surface area contributed by atoms with Gasteiger partial charge in [-0.05, 0) is 61.4 Å². The topological polar surface area (TPSA) is 104 Å². The number of rotatable bonds is 6. The third kappa shape index (κ3) is 4.65. The zero-order valence-electron chi connectivity index (χ0n) is 19.3. The monoisotopic (exact) mass is 490 g/mol. The lowest BCUT2D eigenvalue weighted by Gasteiger charge is -2.31. The number of benzene rings is 3. The van der Waals surface area contributed by atoms with Gasteiger partial charge in [0.2, 0.25) is 15.9 Å². The van der Waals surface area contributed by atoms with Crippen LogP contribution in [0.2, 0.25) is 0 Å². The highest BCUT2D eigenvalue weighted by Crippen LogP contribution is 2.30. The summed E-state index contributed by atoms with van der Waals surface area (Å²) in [7, 11) is -2.18. The van der Waals surface area contributed by atoms with Crippen molar-refractivity contribution in [1.82, 2.24) is 14.3 Å². The molecule has 1 aliphatic rings. The van der Waals surface area contributed by atoms with Crippen molar-refractivity contribution in [2.24, 2.45) is 5.92 Å². The van der Waals surface area contributed by atoms with Crippen LogP contribution in [0.4, 0.5) is 5.69 Å². The Labute approximate surface area is 204 Å². The first-order chi connectivity index (χ1) is 17.0. The van der Waals surface area contributed by atoms with Gasteiger partial charge in [-0.25, -0.2) is 13.4 Å². The van der Waals surface area contributed by atoms with Crippen molar-refractivity contribution in [3.05, 3.63) is 72.8 Å². The van der Waals surface area contributed by atoms with E-state index >= 15 is 0 Å². The van der Waals surface area contributed by atoms with Gasteiger partial charge in [-0.15, -0.1) is 0 Å². The van der Waals surface area contributed by atoms with Crippen LogP contribution in [0.25, 0.3) is 22.4 Å². The Kier molecular flexibility index (Phi) is 6.27. The molecular weight excluding hydrogens is 464 g/mol. The van der Waals surface area contributed by atoms with Crippen molar-refractivity contribution in [1.29, 1.82) is 0 Å². The normalized spacial score (nSPS) is 16.8. The molecule has 1 aliphatic heterocycles. The summed E-state index contributed by atoms with van der Waals surface area (Å²) >= 11 is 0. The average Bonchev–Trinajstić information content (AvgIpc) is 3.33. The van der Waals surface area contributed by atoms with Gasteiger partial charge in [-0.3, -0.25) is 4.79 Å². The van der Waals surface area contributed by atoms with Gasteiger partial charge in [-0.1, -0.05) is 24.3 Å². The van der Waals surface area contributed by atoms with Crippen molar-refractivity contribution >= 4 is 32.7 Å². The van der Waals surface area contributed by atoms with Crippen molar-refractivity contribution in [2.45, 2.75) is 17.7 Å². The molecule has 180 valence electrons. The van der Waals surface area contributed by atoms with Gasteiger partial charge < -0.3 is 15.0 Å². The molecule has 0 bridgehead atoms. The summed E-state index contributed by atoms with van der Waals surface area (Å²) in [6, 6.07) is 21.5. The zero-order chi connectivity index (χ0) is 24.4. The number of H-pyrrole nitrogens is 1. The van der Waals surface area contributed by atoms with E-state index in [2.05, 4.69) is 15.3 Å². The van der Waals surface area contributed by atoms with E-state index in [4.69, 9.17) is 4.74 Å². The summed E-state index contributed by atoms with van der Waals surface area (Å²) in [5.41, 5.74) is 3.16. The number of nitrogens with zero attached hydrogens (tertiary/aromatic N) is 2. The predicted octanol–water partition coefficient (Wildman–Crippen LogP) is 4.28. The number of carbonyl (C=O) groups excluding carboxylic acids is 1. The molecule has 1 amide bonds. The number of hydrogen-bond donors (Lipinski definition) is 2. The Hall–Kier alpha value is -3.69. The maximum atomic E-state index is 13.2. The van der Waals surface area contributed by atoms with E-state index in [1.165, 1.54) is 23.5 Å². The number of ether oxygens (including phenoxy) is 1. The maximum Gasteiger partial charge on any atom is 0.243 e. The Balaban J connectivity index is 1.34. The van der Waals surface area contributed by atoms with Crippen LogP contribution in [0.15, 0.2) is 77.7 Å². The molecule has 0 radical (unpaired) electrons. The fourth-order valence-electron chi connectivity index (χ4n) is 4.39. The predicted molar refractivity (Wildman–Crippen MR) is 135 cm³/mol. The van der Waals surface area contributed by atoms with Crippen LogP contribution in [0, 0.1) is 5.92 Å². The van der Waals surface area contributed by atoms with E-state index in [1.807, 2.05) is 48.5 Å². The van der Waals surface area contributed by atoms with E-state index < -0.39 is 15.9 Å². The zero-order valence-corrected chi connectivity index (χ0v) is 20.1. The molecule has 2 heterocycles. The number of imidazole rings is 1. The van der Waals surface area contributed by atoms with Crippen molar-refractivity contribution in [3.8, 4) is 17.1 Å². The van der Waals surface area contributed by atoms with Gasteiger partial charge in [0.15, 0.2) is 0 Å². The van der Waals surface area contributed by atoms with Crippen LogP contribution in [0.1, 0.15) is 12.8 Å². The minimum atomic E-state index is -3.71. The van der Waals surface area contributed by atoms with E-state index in [0.717, 1.165) is 16.6 Å². The molecule has 35 heavy (non-hydrogen) atoms. The molecule has 9 heteroatoms. The van der Waals surface area contributed by atoms with Crippen molar-refractivity contribution in [2.75, 3.05) is 25.5 Å². The Morgan fingerprint density at radius 3 is 2.57 bits per heavy atom. The molecule has 0 aliphatic carbocycles. The number of aromatic nitrogens is 2. The second-order valence-electron chi connectivity index (χ2n) is 8.52. The lowest BCUT2D eigenvalue weighted by Crippen LogP contribution is -2.43. The standard InChI is InChI=1S/C26H26N4O4S/c1-34-19-12-14-20(15-13-19)35(32,33)30-16-6-7-18(17-30)26(31)29-22-9-3-2-8-21(22)25-27-23-10-4-5-11-24(23)28-25/h2-5,8-15,18H,6-7,16-17H2,1H3,(H,27,28)(H,29,31). The second kappa shape index (κ2) is 9.52. The van der Waals surface area contributed by atoms with E-state index in [0.29, 0.717) is 36.6 Å². The molecule has 8 nitrogen and oxygen atoms in total. The van der Waals surface area contributed by atoms with Crippen LogP contribution in [0.5, 0.6) is 5.75 Å². The maximum absolute atomic E-state index is 13.2. The summed E-state index contributed by atoms with van der Waals surface area (Å²) in [6.07, 6.45) is 1.23. The van der Waals surface area contributed by atoms with Crippen LogP contribution < -0.4 is 10.1 Å². The third-order valence-corrected chi connectivity index (χ3v) is 8.16. The Morgan fingerprint density at radius 2 is 1.80 bits per heavy atom. The smallest absolute Gasteiger partial charge is 0.243 e. The summed E-state index contributed by atoms with van der Waals surface area (Å²) < 4.78 is 32.9. The molecule has 0 spiro atoms. The van der Waals surface area contributed by atoms with Gasteiger partial charge in [0.25, 0.3) is 0 Å². The van der Waals surface area contributed by atoms with Gasteiger partial charge in [-0.2, -0.15) is 4.31 Å². The number of aromatic amines is 1. The number of piperidine rings is 1. The molecule has 3 aromatic carbocycles. The fourth-order valence-corrected chi connectivity index (χ4v) is 5.91. The molecule has 2 N–H and O–H groups in total. The van der Waals surface area contributed by atoms with E-state index in [-0.39, 0.29) is 17.3 Å². The number of para-hydroxylation sites is 3. The molecule has 4 aromatic rings. The van der Waals surface area contributed by atoms with Crippen LogP contribution >= 0.6 is 0 Å². The molecule has 1 fully saturated rings. The minimum absolute atomic E-state index is 0.132.